The van der Waals surface area contributed by atoms with Crippen LogP contribution in [0.3, 0.4) is 0 Å². The number of nitrogens with zero attached hydrogens (tertiary/aromatic N) is 5. The van der Waals surface area contributed by atoms with Crippen molar-refractivity contribution < 1.29 is 9.47 Å². The largest absolute Gasteiger partial charge is 0.371 e. The number of nitrogens with one attached hydrogen (secondary N) is 1. The topological polar surface area (TPSA) is 81.1 Å². The van der Waals surface area contributed by atoms with E-state index in [1.54, 1.807) is 12.5 Å². The van der Waals surface area contributed by atoms with Gasteiger partial charge in [0.15, 0.2) is 0 Å². The molecule has 2 atom stereocenters. The second-order valence-corrected chi connectivity index (χ2v) is 6.23. The molecule has 2 saturated heterocycles. The molecule has 0 radical (unpaired) electrons. The molecule has 1 N–H and O–H groups in total. The highest BCUT2D eigenvalue weighted by Crippen LogP contribution is 2.29. The second-order valence-electron chi connectivity index (χ2n) is 6.23. The number of hydrogen-bond donors (Lipinski definition) is 1. The third kappa shape index (κ3) is 2.26. The number of ether oxygens (including phenoxy) is 2. The fourth-order valence-electron chi connectivity index (χ4n) is 3.51. The van der Waals surface area contributed by atoms with Gasteiger partial charge in [-0.05, 0) is 12.1 Å². The van der Waals surface area contributed by atoms with Gasteiger partial charge in [-0.1, -0.05) is 0 Å². The fourth-order valence-corrected chi connectivity index (χ4v) is 3.51. The maximum Gasteiger partial charge on any atom is 0.142 e. The zero-order valence-corrected chi connectivity index (χ0v) is 13.1. The van der Waals surface area contributed by atoms with E-state index in [9.17, 15) is 0 Å². The molecule has 8 heteroatoms. The van der Waals surface area contributed by atoms with Crippen molar-refractivity contribution in [2.45, 2.75) is 18.2 Å². The summed E-state index contributed by atoms with van der Waals surface area (Å²) in [5.74, 6) is 0.935. The smallest absolute Gasteiger partial charge is 0.142 e. The molecule has 5 heterocycles. The average Bonchev–Trinajstić information content (AvgIpc) is 3.33. The van der Waals surface area contributed by atoms with Gasteiger partial charge in [-0.2, -0.15) is 5.10 Å². The molecule has 0 spiro atoms. The standard InChI is InChI=1S/C16H18N6O2/c1-3-20-22(5-1)11-8-23-13-6-21(7-14(13)24-9-11)16-12-2-4-17-15(12)18-10-19-16/h1-5,10-11,13-14H,6-9H2,(H,17,18,19)/t13-,14-/m0/s1. The Morgan fingerprint density at radius 3 is 2.71 bits per heavy atom. The van der Waals surface area contributed by atoms with Crippen molar-refractivity contribution in [1.29, 1.82) is 0 Å². The van der Waals surface area contributed by atoms with E-state index in [-0.39, 0.29) is 18.2 Å². The molecule has 0 bridgehead atoms. The molecule has 3 aromatic rings. The van der Waals surface area contributed by atoms with E-state index in [4.69, 9.17) is 9.47 Å². The minimum Gasteiger partial charge on any atom is -0.371 e. The first-order valence-corrected chi connectivity index (χ1v) is 8.14. The summed E-state index contributed by atoms with van der Waals surface area (Å²) in [5, 5.41) is 5.32. The summed E-state index contributed by atoms with van der Waals surface area (Å²) in [5.41, 5.74) is 0.854. The lowest BCUT2D eigenvalue weighted by molar-refractivity contribution is -0.00461. The third-order valence-corrected chi connectivity index (χ3v) is 4.75. The third-order valence-electron chi connectivity index (χ3n) is 4.75. The normalized spacial score (nSPS) is 25.1. The van der Waals surface area contributed by atoms with E-state index in [2.05, 4.69) is 25.0 Å². The van der Waals surface area contributed by atoms with Gasteiger partial charge in [-0.25, -0.2) is 9.97 Å². The minimum atomic E-state index is 0.0505. The molecular weight excluding hydrogens is 308 g/mol. The molecular formula is C16H18N6O2. The first kappa shape index (κ1) is 13.9. The van der Waals surface area contributed by atoms with Crippen molar-refractivity contribution in [2.75, 3.05) is 31.2 Å². The lowest BCUT2D eigenvalue weighted by Gasteiger charge is -2.20. The quantitative estimate of drug-likeness (QED) is 0.757. The van der Waals surface area contributed by atoms with Gasteiger partial charge in [0.05, 0.1) is 24.6 Å². The van der Waals surface area contributed by atoms with E-state index < -0.39 is 0 Å². The molecule has 0 aliphatic carbocycles. The monoisotopic (exact) mass is 326 g/mol. The molecule has 124 valence electrons. The lowest BCUT2D eigenvalue weighted by atomic mass is 10.3. The molecule has 5 rings (SSSR count). The predicted molar refractivity (Wildman–Crippen MR) is 86.8 cm³/mol. The first-order chi connectivity index (χ1) is 11.9. The van der Waals surface area contributed by atoms with E-state index >= 15 is 0 Å². The van der Waals surface area contributed by atoms with Crippen molar-refractivity contribution in [3.05, 3.63) is 37.1 Å². The van der Waals surface area contributed by atoms with Crippen molar-refractivity contribution in [1.82, 2.24) is 24.7 Å². The highest BCUT2D eigenvalue weighted by atomic mass is 16.6. The SMILES string of the molecule is c1cnn(C2CO[C@H]3CN(c4ncnc5[nH]ccc45)C[C@@H]3OC2)c1. The maximum atomic E-state index is 6.13. The van der Waals surface area contributed by atoms with E-state index in [0.29, 0.717) is 13.2 Å². The summed E-state index contributed by atoms with van der Waals surface area (Å²) >= 11 is 0. The Bertz CT molecular complexity index is 816. The van der Waals surface area contributed by atoms with Crippen molar-refractivity contribution in [2.24, 2.45) is 0 Å². The van der Waals surface area contributed by atoms with Crippen molar-refractivity contribution in [3.63, 3.8) is 0 Å². The summed E-state index contributed by atoms with van der Waals surface area (Å²) in [7, 11) is 0. The number of aromatic amines is 1. The Balaban J connectivity index is 1.34. The molecule has 0 amide bonds. The van der Waals surface area contributed by atoms with Gasteiger partial charge in [0.2, 0.25) is 0 Å². The van der Waals surface area contributed by atoms with E-state index in [1.807, 2.05) is 29.2 Å². The predicted octanol–water partition coefficient (Wildman–Crippen LogP) is 1.000. The van der Waals surface area contributed by atoms with Gasteiger partial charge in [-0.3, -0.25) is 4.68 Å². The Morgan fingerprint density at radius 2 is 1.96 bits per heavy atom. The van der Waals surface area contributed by atoms with Crippen molar-refractivity contribution >= 4 is 16.9 Å². The molecule has 2 aliphatic rings. The number of fused-ring (bicyclic) bond motifs is 2. The van der Waals surface area contributed by atoms with E-state index in [1.165, 1.54) is 0 Å². The average molecular weight is 326 g/mol. The summed E-state index contributed by atoms with van der Waals surface area (Å²) in [4.78, 5) is 14.1. The summed E-state index contributed by atoms with van der Waals surface area (Å²) in [6.07, 6.45) is 7.32. The van der Waals surface area contributed by atoms with Gasteiger partial charge in [-0.15, -0.1) is 0 Å². The number of anilines is 1. The highest BCUT2D eigenvalue weighted by Gasteiger charge is 2.38. The van der Waals surface area contributed by atoms with Crippen LogP contribution in [0, 0.1) is 0 Å². The molecule has 2 aliphatic heterocycles. The van der Waals surface area contributed by atoms with Gasteiger partial charge in [0, 0.05) is 31.7 Å². The van der Waals surface area contributed by atoms with Gasteiger partial charge in [0.25, 0.3) is 0 Å². The zero-order chi connectivity index (χ0) is 15.9. The zero-order valence-electron chi connectivity index (χ0n) is 13.1. The van der Waals surface area contributed by atoms with Gasteiger partial charge < -0.3 is 19.4 Å². The summed E-state index contributed by atoms with van der Waals surface area (Å²) in [6.45, 7) is 2.77. The van der Waals surface area contributed by atoms with Crippen LogP contribution in [0.15, 0.2) is 37.1 Å². The highest BCUT2D eigenvalue weighted by molar-refractivity contribution is 5.87. The van der Waals surface area contributed by atoms with Crippen LogP contribution in [0.4, 0.5) is 5.82 Å². The van der Waals surface area contributed by atoms with Crippen LogP contribution >= 0.6 is 0 Å². The molecule has 0 saturated carbocycles. The maximum absolute atomic E-state index is 6.13. The summed E-state index contributed by atoms with van der Waals surface area (Å²) in [6, 6.07) is 4.06. The van der Waals surface area contributed by atoms with Crippen LogP contribution in [-0.2, 0) is 9.47 Å². The number of hydrogen-bond acceptors (Lipinski definition) is 6. The van der Waals surface area contributed by atoms with Crippen molar-refractivity contribution in [3.8, 4) is 0 Å². The van der Waals surface area contributed by atoms with Crippen LogP contribution in [0.5, 0.6) is 0 Å². The van der Waals surface area contributed by atoms with Crippen LogP contribution < -0.4 is 4.90 Å². The Kier molecular flexibility index (Phi) is 3.24. The number of H-pyrrole nitrogens is 1. The Morgan fingerprint density at radius 1 is 1.12 bits per heavy atom. The molecule has 3 aromatic heterocycles. The Hall–Kier alpha value is -2.45. The van der Waals surface area contributed by atoms with Crippen LogP contribution in [0.25, 0.3) is 11.0 Å². The van der Waals surface area contributed by atoms with Crippen LogP contribution in [0.2, 0.25) is 0 Å². The lowest BCUT2D eigenvalue weighted by Crippen LogP contribution is -2.27. The van der Waals surface area contributed by atoms with Crippen LogP contribution in [-0.4, -0.2) is 63.2 Å². The van der Waals surface area contributed by atoms with E-state index in [0.717, 1.165) is 29.9 Å². The Labute approximate surface area is 138 Å². The van der Waals surface area contributed by atoms with Crippen LogP contribution in [0.1, 0.15) is 6.04 Å². The molecule has 0 unspecified atom stereocenters. The second kappa shape index (κ2) is 5.57. The van der Waals surface area contributed by atoms with Gasteiger partial charge >= 0.3 is 0 Å². The first-order valence-electron chi connectivity index (χ1n) is 8.14. The molecule has 24 heavy (non-hydrogen) atoms. The summed E-state index contributed by atoms with van der Waals surface area (Å²) < 4.78 is 14.2. The minimum absolute atomic E-state index is 0.0505. The van der Waals surface area contributed by atoms with Gasteiger partial charge in [0.1, 0.15) is 30.0 Å². The number of aromatic nitrogens is 5. The molecule has 2 fully saturated rings. The molecule has 0 aromatic carbocycles. The molecule has 8 nitrogen and oxygen atoms in total. The fraction of sp³-hybridized carbons (Fsp3) is 0.438. The number of rotatable bonds is 2.